The molecule has 0 bridgehead atoms. The molecule has 4 N–H and O–H groups in total. The lowest BCUT2D eigenvalue weighted by molar-refractivity contribution is -0.911. The number of Topliss-reactive ketones (excluding diaryl/α,β-unsaturated/α-hetero) is 1. The zero-order valence-corrected chi connectivity index (χ0v) is 23.8. The Morgan fingerprint density at radius 1 is 1.32 bits per heavy atom. The number of carboxylic acids is 1. The van der Waals surface area contributed by atoms with Gasteiger partial charge in [0.25, 0.3) is 0 Å². The minimum Gasteiger partial charge on any atom is -0.478 e. The summed E-state index contributed by atoms with van der Waals surface area (Å²) in [5.41, 5.74) is 4.19. The predicted octanol–water partition coefficient (Wildman–Crippen LogP) is -0.0697. The molecule has 0 saturated carbocycles. The first-order valence-electron chi connectivity index (χ1n) is 12.4. The lowest BCUT2D eigenvalue weighted by atomic mass is 9.84. The minimum atomic E-state index is -4.93. The molecule has 2 fully saturated rings. The van der Waals surface area contributed by atoms with Gasteiger partial charge in [0, 0.05) is 24.6 Å². The Kier molecular flexibility index (Phi) is 7.99. The van der Waals surface area contributed by atoms with Crippen LogP contribution in [0.15, 0.2) is 16.7 Å². The van der Waals surface area contributed by atoms with Gasteiger partial charge in [0.05, 0.1) is 44.8 Å². The number of amides is 1. The second-order valence-corrected chi connectivity index (χ2v) is 12.8. The van der Waals surface area contributed by atoms with Crippen LogP contribution in [-0.2, 0) is 42.6 Å². The number of oxime groups is 1. The van der Waals surface area contributed by atoms with E-state index in [2.05, 4.69) is 27.4 Å². The van der Waals surface area contributed by atoms with Crippen molar-refractivity contribution in [2.45, 2.75) is 57.8 Å². The number of carboxylic acid groups (broad SMARTS) is 1. The summed E-state index contributed by atoms with van der Waals surface area (Å²) in [4.78, 5) is 47.9. The van der Waals surface area contributed by atoms with Gasteiger partial charge in [0.2, 0.25) is 11.5 Å². The van der Waals surface area contributed by atoms with Crippen molar-refractivity contribution in [1.29, 1.82) is 0 Å². The molecule has 4 rings (SSSR count). The molecule has 2 atom stereocenters. The van der Waals surface area contributed by atoms with Gasteiger partial charge in [-0.3, -0.25) is 14.1 Å². The highest BCUT2D eigenvalue weighted by molar-refractivity contribution is 7.84. The van der Waals surface area contributed by atoms with Crippen LogP contribution in [0.3, 0.4) is 0 Å². The van der Waals surface area contributed by atoms with Gasteiger partial charge in [-0.05, 0) is 13.8 Å². The first-order valence-corrected chi connectivity index (χ1v) is 14.6. The summed E-state index contributed by atoms with van der Waals surface area (Å²) in [7, 11) is -2.81. The van der Waals surface area contributed by atoms with Crippen molar-refractivity contribution < 1.29 is 41.8 Å². The number of hydrogen-bond donors (Lipinski definition) is 3. The molecule has 218 valence electrons. The third-order valence-electron chi connectivity index (χ3n) is 6.99. The summed E-state index contributed by atoms with van der Waals surface area (Å²) in [5.74, 6) is -4.29. The van der Waals surface area contributed by atoms with Crippen LogP contribution in [0.25, 0.3) is 0 Å². The lowest BCUT2D eigenvalue weighted by Gasteiger charge is -2.43. The van der Waals surface area contributed by atoms with Gasteiger partial charge in [-0.25, -0.2) is 14.1 Å². The highest BCUT2D eigenvalue weighted by atomic mass is 32.2. The molecule has 0 spiro atoms. The van der Waals surface area contributed by atoms with E-state index in [4.69, 9.17) is 10.6 Å². The summed E-state index contributed by atoms with van der Waals surface area (Å²) < 4.78 is 34.7. The van der Waals surface area contributed by atoms with E-state index in [1.54, 1.807) is 6.20 Å². The standard InChI is InChI=1S/C22H30N8O8S2/c1-22(2,20(33)34)38-27-18(15-12-39-21(23)25-15)17(31)8-14-16(29(19(14)32)40(35,36)37)10-28-24-9-13(26-28)11-30(3)6-4-5-7-30/h9,12,14,16H,4-8,10-11H2,1-3H3,(H3-,23,25,33,34,35,36,37)/p+1/b27-18-/t14-,16+/m0/s1. The number of β-lactam (4-membered cyclic amide) rings is 1. The van der Waals surface area contributed by atoms with E-state index in [0.717, 1.165) is 41.8 Å². The van der Waals surface area contributed by atoms with E-state index in [-0.39, 0.29) is 23.1 Å². The molecule has 4 heterocycles. The normalized spacial score (nSPS) is 21.4. The molecule has 0 unspecified atom stereocenters. The fourth-order valence-electron chi connectivity index (χ4n) is 4.72. The van der Waals surface area contributed by atoms with Crippen molar-refractivity contribution >= 4 is 50.1 Å². The van der Waals surface area contributed by atoms with Crippen molar-refractivity contribution in [3.05, 3.63) is 23.0 Å². The van der Waals surface area contributed by atoms with Crippen LogP contribution in [0.2, 0.25) is 0 Å². The van der Waals surface area contributed by atoms with Gasteiger partial charge < -0.3 is 20.2 Å². The van der Waals surface area contributed by atoms with Crippen LogP contribution in [0.1, 0.15) is 44.5 Å². The predicted molar refractivity (Wildman–Crippen MR) is 140 cm³/mol. The summed E-state index contributed by atoms with van der Waals surface area (Å²) in [5, 5.41) is 23.2. The average molecular weight is 600 g/mol. The number of nitrogens with zero attached hydrogens (tertiary/aromatic N) is 7. The molecule has 18 heteroatoms. The van der Waals surface area contributed by atoms with Gasteiger partial charge in [0.15, 0.2) is 16.6 Å². The maximum absolute atomic E-state index is 13.3. The number of anilines is 1. The number of aliphatic carboxylic acids is 1. The van der Waals surface area contributed by atoms with E-state index < -0.39 is 51.9 Å². The largest absolute Gasteiger partial charge is 0.478 e. The van der Waals surface area contributed by atoms with Crippen molar-refractivity contribution in [3.63, 3.8) is 0 Å². The molecule has 2 aliphatic heterocycles. The summed E-state index contributed by atoms with van der Waals surface area (Å²) in [6.07, 6.45) is 3.27. The van der Waals surface area contributed by atoms with E-state index in [0.29, 0.717) is 16.5 Å². The van der Waals surface area contributed by atoms with Gasteiger partial charge in [0.1, 0.15) is 17.9 Å². The third-order valence-corrected chi connectivity index (χ3v) is 8.61. The molecule has 0 radical (unpaired) electrons. The van der Waals surface area contributed by atoms with Crippen LogP contribution in [0.4, 0.5) is 5.13 Å². The highest BCUT2D eigenvalue weighted by Crippen LogP contribution is 2.34. The number of ketones is 1. The van der Waals surface area contributed by atoms with Crippen LogP contribution in [0.5, 0.6) is 0 Å². The second kappa shape index (κ2) is 10.8. The highest BCUT2D eigenvalue weighted by Gasteiger charge is 2.54. The van der Waals surface area contributed by atoms with Crippen molar-refractivity contribution in [3.8, 4) is 0 Å². The number of thiazole rings is 1. The lowest BCUT2D eigenvalue weighted by Crippen LogP contribution is -2.64. The topological polar surface area (TPSA) is 220 Å². The molecule has 16 nitrogen and oxygen atoms in total. The smallest absolute Gasteiger partial charge is 0.362 e. The molecule has 2 aliphatic rings. The van der Waals surface area contributed by atoms with Crippen LogP contribution in [0, 0.1) is 5.92 Å². The first kappa shape index (κ1) is 29.5. The van der Waals surface area contributed by atoms with Crippen LogP contribution < -0.4 is 5.73 Å². The number of nitrogen functional groups attached to an aromatic ring is 1. The van der Waals surface area contributed by atoms with Crippen molar-refractivity contribution in [2.75, 3.05) is 25.9 Å². The number of carbonyl (C=O) groups excluding carboxylic acids is 2. The Balaban J connectivity index is 1.55. The molecule has 40 heavy (non-hydrogen) atoms. The molecule has 0 aliphatic carbocycles. The zero-order chi connectivity index (χ0) is 29.5. The Bertz CT molecular complexity index is 1440. The summed E-state index contributed by atoms with van der Waals surface area (Å²) in [6, 6.07) is -1.17. The van der Waals surface area contributed by atoms with Crippen molar-refractivity contribution in [2.24, 2.45) is 11.1 Å². The first-order chi connectivity index (χ1) is 18.6. The van der Waals surface area contributed by atoms with Crippen molar-refractivity contribution in [1.82, 2.24) is 24.3 Å². The summed E-state index contributed by atoms with van der Waals surface area (Å²) in [6.45, 7) is 4.90. The number of carbonyl (C=O) groups is 3. The Hall–Kier alpha value is -3.48. The van der Waals surface area contributed by atoms with E-state index in [1.807, 2.05) is 0 Å². The molecule has 2 aromatic heterocycles. The number of rotatable bonds is 12. The molecule has 2 aromatic rings. The Labute approximate surface area is 233 Å². The fourth-order valence-corrected chi connectivity index (χ4v) is 6.19. The molecular weight excluding hydrogens is 568 g/mol. The van der Waals surface area contributed by atoms with Gasteiger partial charge in [-0.2, -0.15) is 23.4 Å². The Morgan fingerprint density at radius 2 is 2.00 bits per heavy atom. The maximum Gasteiger partial charge on any atom is 0.362 e. The van der Waals surface area contributed by atoms with Gasteiger partial charge in [-0.15, -0.1) is 11.3 Å². The number of likely N-dealkylation sites (tertiary alicyclic amines) is 1. The average Bonchev–Trinajstić information content (AvgIpc) is 3.58. The molecular formula is C22H31N8O8S2+. The number of quaternary nitrogens is 1. The number of hydrogen-bond acceptors (Lipinski definition) is 12. The van der Waals surface area contributed by atoms with Gasteiger partial charge >= 0.3 is 16.3 Å². The zero-order valence-electron chi connectivity index (χ0n) is 22.1. The van der Waals surface area contributed by atoms with E-state index in [1.165, 1.54) is 24.0 Å². The quantitative estimate of drug-likeness (QED) is 0.0959. The SMILES string of the molecule is CC(C)(O/N=C(\C(=O)C[C@@H]1C(=O)N(S(=O)(=O)O)[C@@H]1Cn1ncc(C[N+]2(C)CCCC2)n1)c1csc(N)n1)C(=O)O. The number of aromatic nitrogens is 4. The molecule has 0 aromatic carbocycles. The summed E-state index contributed by atoms with van der Waals surface area (Å²) >= 11 is 1.00. The fraction of sp³-hybridized carbons (Fsp3) is 0.591. The number of nitrogens with two attached hydrogens (primary N) is 1. The third kappa shape index (κ3) is 6.29. The van der Waals surface area contributed by atoms with Crippen LogP contribution in [-0.4, -0.2) is 102 Å². The minimum absolute atomic E-state index is 0.000523. The van der Waals surface area contributed by atoms with Gasteiger partial charge in [-0.1, -0.05) is 5.16 Å². The molecule has 1 amide bonds. The molecule has 2 saturated heterocycles. The van der Waals surface area contributed by atoms with E-state index >= 15 is 0 Å². The van der Waals surface area contributed by atoms with E-state index in [9.17, 15) is 32.5 Å². The monoisotopic (exact) mass is 599 g/mol. The second-order valence-electron chi connectivity index (χ2n) is 10.7. The Morgan fingerprint density at radius 3 is 2.58 bits per heavy atom. The maximum atomic E-state index is 13.3. The van der Waals surface area contributed by atoms with Crippen LogP contribution >= 0.6 is 11.3 Å².